The third-order valence-electron chi connectivity index (χ3n) is 6.41. The van der Waals surface area contributed by atoms with Gasteiger partial charge in [-0.3, -0.25) is 0 Å². The van der Waals surface area contributed by atoms with Gasteiger partial charge in [0.15, 0.2) is 5.96 Å². The van der Waals surface area contributed by atoms with Crippen molar-refractivity contribution in [1.29, 1.82) is 0 Å². The van der Waals surface area contributed by atoms with E-state index in [4.69, 9.17) is 21.4 Å². The van der Waals surface area contributed by atoms with Gasteiger partial charge in [-0.05, 0) is 43.5 Å². The quantitative estimate of drug-likeness (QED) is 0.713. The van der Waals surface area contributed by atoms with Crippen molar-refractivity contribution in [3.05, 3.63) is 60.2 Å². The minimum atomic E-state index is 0.0855. The van der Waals surface area contributed by atoms with Gasteiger partial charge in [0.05, 0.1) is 22.8 Å². The average Bonchev–Trinajstić information content (AvgIpc) is 3.14. The van der Waals surface area contributed by atoms with Crippen LogP contribution in [-0.4, -0.2) is 45.6 Å². The van der Waals surface area contributed by atoms with Gasteiger partial charge in [-0.25, -0.2) is 9.98 Å². The molecule has 156 valence electrons. The van der Waals surface area contributed by atoms with Gasteiger partial charge in [0.25, 0.3) is 0 Å². The number of nitrogens with two attached hydrogens (primary N) is 2. The lowest BCUT2D eigenvalue weighted by Gasteiger charge is -2.38. The van der Waals surface area contributed by atoms with Gasteiger partial charge < -0.3 is 26.3 Å². The zero-order valence-corrected chi connectivity index (χ0v) is 17.3. The van der Waals surface area contributed by atoms with E-state index in [0.717, 1.165) is 66.3 Å². The topological polar surface area (TPSA) is 97.5 Å². The normalized spacial score (nSPS) is 25.0. The van der Waals surface area contributed by atoms with Gasteiger partial charge in [-0.2, -0.15) is 0 Å². The molecule has 4 heterocycles. The summed E-state index contributed by atoms with van der Waals surface area (Å²) in [6, 6.07) is 6.67. The molecule has 0 amide bonds. The first-order valence-corrected chi connectivity index (χ1v) is 10.7. The van der Waals surface area contributed by atoms with Crippen LogP contribution >= 0.6 is 0 Å². The van der Waals surface area contributed by atoms with Gasteiger partial charge >= 0.3 is 0 Å². The summed E-state index contributed by atoms with van der Waals surface area (Å²) in [7, 11) is 2.04. The number of aryl methyl sites for hydroxylation is 1. The first-order valence-electron chi connectivity index (χ1n) is 10.7. The fourth-order valence-electron chi connectivity index (χ4n) is 4.53. The Balaban J connectivity index is 1.49. The molecule has 0 saturated carbocycles. The summed E-state index contributed by atoms with van der Waals surface area (Å²) in [6.45, 7) is 1.87. The van der Waals surface area contributed by atoms with E-state index in [9.17, 15) is 0 Å². The maximum atomic E-state index is 6.09. The molecule has 30 heavy (non-hydrogen) atoms. The second-order valence-corrected chi connectivity index (χ2v) is 8.47. The summed E-state index contributed by atoms with van der Waals surface area (Å²) in [6.07, 6.45) is 13.2. The number of rotatable bonds is 2. The van der Waals surface area contributed by atoms with E-state index in [0.29, 0.717) is 6.04 Å². The number of hydrogen-bond acceptors (Lipinski definition) is 6. The largest absolute Gasteiger partial charge is 0.399 e. The summed E-state index contributed by atoms with van der Waals surface area (Å²) in [5, 5.41) is 3.72. The number of nitrogens with zero attached hydrogens (tertiary/aromatic N) is 4. The third-order valence-corrected chi connectivity index (χ3v) is 6.41. The van der Waals surface area contributed by atoms with Crippen LogP contribution in [-0.2, 0) is 7.05 Å². The Morgan fingerprint density at radius 2 is 2.00 bits per heavy atom. The van der Waals surface area contributed by atoms with Crippen LogP contribution in [0.2, 0.25) is 0 Å². The standard InChI is InChI=1S/C23H29N7/c1-29-11-10-20-21(29)7-6-19(27-20)18-14-26-23(30-12-8-17(25)9-13-30)28-22(18)15-2-4-16(24)5-3-15/h2,4-7,10-11,14-15,17,22H,3,8-9,12-13,24-25H2,1H3,(H,26,28). The van der Waals surface area contributed by atoms with Gasteiger partial charge in [-0.15, -0.1) is 0 Å². The number of likely N-dealkylation sites (tertiary alicyclic amines) is 1. The van der Waals surface area contributed by atoms with E-state index in [2.05, 4.69) is 45.1 Å². The number of hydrogen-bond donors (Lipinski definition) is 3. The number of allylic oxidation sites excluding steroid dienone is 2. The molecule has 0 spiro atoms. The van der Waals surface area contributed by atoms with Crippen LogP contribution < -0.4 is 16.8 Å². The monoisotopic (exact) mass is 403 g/mol. The second kappa shape index (κ2) is 7.65. The highest BCUT2D eigenvalue weighted by atomic mass is 15.3. The Hall–Kier alpha value is -3.06. The van der Waals surface area contributed by atoms with Crippen molar-refractivity contribution in [2.75, 3.05) is 13.1 Å². The molecule has 0 aromatic carbocycles. The summed E-state index contributed by atoms with van der Waals surface area (Å²) in [5.74, 6) is 1.22. The van der Waals surface area contributed by atoms with Crippen LogP contribution in [0.3, 0.4) is 0 Å². The molecule has 5 N–H and O–H groups in total. The molecule has 1 fully saturated rings. The molecule has 1 aliphatic carbocycles. The van der Waals surface area contributed by atoms with Crippen molar-refractivity contribution in [3.8, 4) is 0 Å². The average molecular weight is 404 g/mol. The zero-order chi connectivity index (χ0) is 20.7. The lowest BCUT2D eigenvalue weighted by molar-refractivity contribution is 0.301. The van der Waals surface area contributed by atoms with Crippen molar-refractivity contribution in [2.24, 2.45) is 29.4 Å². The maximum absolute atomic E-state index is 6.09. The fourth-order valence-corrected chi connectivity index (χ4v) is 4.53. The molecule has 0 radical (unpaired) electrons. The molecule has 7 nitrogen and oxygen atoms in total. The van der Waals surface area contributed by atoms with Crippen LogP contribution in [0.5, 0.6) is 0 Å². The summed E-state index contributed by atoms with van der Waals surface area (Å²) >= 11 is 0. The van der Waals surface area contributed by atoms with Crippen LogP contribution in [0.1, 0.15) is 25.0 Å². The van der Waals surface area contributed by atoms with Gasteiger partial charge in [0, 0.05) is 55.8 Å². The van der Waals surface area contributed by atoms with Gasteiger partial charge in [-0.1, -0.05) is 12.2 Å². The number of aromatic nitrogens is 2. The van der Waals surface area contributed by atoms with Crippen molar-refractivity contribution >= 4 is 22.6 Å². The Bertz CT molecular complexity index is 1070. The Labute approximate surface area is 176 Å². The highest BCUT2D eigenvalue weighted by molar-refractivity contribution is 5.88. The van der Waals surface area contributed by atoms with Crippen LogP contribution in [0.25, 0.3) is 16.6 Å². The molecule has 3 aliphatic rings. The Morgan fingerprint density at radius 1 is 1.17 bits per heavy atom. The van der Waals surface area contributed by atoms with Crippen molar-refractivity contribution in [1.82, 2.24) is 19.8 Å². The number of fused-ring (bicyclic) bond motifs is 1. The van der Waals surface area contributed by atoms with Crippen molar-refractivity contribution < 1.29 is 0 Å². The van der Waals surface area contributed by atoms with E-state index in [1.54, 1.807) is 0 Å². The number of aliphatic imine (C=N–C) groups is 1. The van der Waals surface area contributed by atoms with Crippen LogP contribution in [0, 0.1) is 5.92 Å². The molecule has 2 aromatic rings. The van der Waals surface area contributed by atoms with E-state index >= 15 is 0 Å². The highest BCUT2D eigenvalue weighted by Gasteiger charge is 2.31. The predicted octanol–water partition coefficient (Wildman–Crippen LogP) is 2.08. The molecule has 1 saturated heterocycles. The van der Waals surface area contributed by atoms with Crippen LogP contribution in [0.4, 0.5) is 0 Å². The fraction of sp³-hybridized carbons (Fsp3) is 0.391. The molecule has 2 aliphatic heterocycles. The molecule has 2 aromatic heterocycles. The highest BCUT2D eigenvalue weighted by Crippen LogP contribution is 2.31. The molecular formula is C23H29N7. The minimum Gasteiger partial charge on any atom is -0.399 e. The van der Waals surface area contributed by atoms with Gasteiger partial charge in [0.1, 0.15) is 0 Å². The molecule has 2 unspecified atom stereocenters. The minimum absolute atomic E-state index is 0.0855. The number of pyridine rings is 1. The van der Waals surface area contributed by atoms with E-state index < -0.39 is 0 Å². The Morgan fingerprint density at radius 3 is 2.77 bits per heavy atom. The summed E-state index contributed by atoms with van der Waals surface area (Å²) in [5.41, 5.74) is 17.1. The van der Waals surface area contributed by atoms with E-state index in [-0.39, 0.29) is 12.0 Å². The van der Waals surface area contributed by atoms with E-state index in [1.807, 2.05) is 25.5 Å². The number of nitrogens with one attached hydrogen (secondary N) is 1. The number of guanidine groups is 1. The van der Waals surface area contributed by atoms with Gasteiger partial charge in [0.2, 0.25) is 0 Å². The lowest BCUT2D eigenvalue weighted by atomic mass is 9.85. The molecule has 7 heteroatoms. The summed E-state index contributed by atoms with van der Waals surface area (Å²) in [4.78, 5) is 12.0. The smallest absolute Gasteiger partial charge is 0.199 e. The SMILES string of the molecule is Cn1ccc2nc(C3=CN=C(N4CCC(N)CC4)NC3C3C=CC(N)=CC3)ccc21. The Kier molecular flexibility index (Phi) is 4.83. The third kappa shape index (κ3) is 3.50. The zero-order valence-electron chi connectivity index (χ0n) is 17.3. The number of piperidine rings is 1. The van der Waals surface area contributed by atoms with Crippen molar-refractivity contribution in [2.45, 2.75) is 31.3 Å². The van der Waals surface area contributed by atoms with Crippen molar-refractivity contribution in [3.63, 3.8) is 0 Å². The maximum Gasteiger partial charge on any atom is 0.199 e. The predicted molar refractivity (Wildman–Crippen MR) is 121 cm³/mol. The molecule has 0 bridgehead atoms. The lowest BCUT2D eigenvalue weighted by Crippen LogP contribution is -2.53. The molecular weight excluding hydrogens is 374 g/mol. The van der Waals surface area contributed by atoms with E-state index in [1.165, 1.54) is 0 Å². The molecule has 5 rings (SSSR count). The first kappa shape index (κ1) is 18.9. The second-order valence-electron chi connectivity index (χ2n) is 8.47. The molecule has 2 atom stereocenters. The first-order chi connectivity index (χ1) is 14.6. The summed E-state index contributed by atoms with van der Waals surface area (Å²) < 4.78 is 2.09. The van der Waals surface area contributed by atoms with Crippen LogP contribution in [0.15, 0.2) is 59.5 Å².